The first-order valence-corrected chi connectivity index (χ1v) is 7.40. The van der Waals surface area contributed by atoms with Gasteiger partial charge in [0.15, 0.2) is 0 Å². The molecule has 1 aliphatic heterocycles. The summed E-state index contributed by atoms with van der Waals surface area (Å²) in [5, 5.41) is 18.5. The molecule has 0 spiro atoms. The van der Waals surface area contributed by atoms with E-state index in [-0.39, 0.29) is 13.2 Å². The van der Waals surface area contributed by atoms with Crippen molar-refractivity contribution in [3.05, 3.63) is 23.8 Å². The highest BCUT2D eigenvalue weighted by Crippen LogP contribution is 2.31. The van der Waals surface area contributed by atoms with Gasteiger partial charge < -0.3 is 30.5 Å². The number of carbonyl (C=O) groups excluding carboxylic acids is 1. The number of nitrogens with two attached hydrogens (primary N) is 1. The van der Waals surface area contributed by atoms with Gasteiger partial charge in [0.05, 0.1) is 37.8 Å². The molecule has 0 radical (unpaired) electrons. The molecule has 1 saturated heterocycles. The second-order valence-corrected chi connectivity index (χ2v) is 5.10. The lowest BCUT2D eigenvalue weighted by Gasteiger charge is -2.34. The molecule has 1 heterocycles. The van der Waals surface area contributed by atoms with E-state index in [2.05, 4.69) is 4.90 Å². The van der Waals surface area contributed by atoms with Gasteiger partial charge in [-0.15, -0.1) is 0 Å². The number of carbonyl (C=O) groups is 1. The molecule has 122 valence electrons. The SMILES string of the molecule is NC(=O)c1ccc(N2CCOCC2)c(N(CCO)CCO)c1. The number of anilines is 2. The fourth-order valence-electron chi connectivity index (χ4n) is 2.60. The lowest BCUT2D eigenvalue weighted by Crippen LogP contribution is -2.38. The van der Waals surface area contributed by atoms with Crippen LogP contribution in [-0.2, 0) is 4.74 Å². The fourth-order valence-corrected chi connectivity index (χ4v) is 2.60. The zero-order valence-corrected chi connectivity index (χ0v) is 12.6. The van der Waals surface area contributed by atoms with E-state index in [1.807, 2.05) is 11.0 Å². The second-order valence-electron chi connectivity index (χ2n) is 5.10. The summed E-state index contributed by atoms with van der Waals surface area (Å²) >= 11 is 0. The van der Waals surface area contributed by atoms with Crippen LogP contribution < -0.4 is 15.5 Å². The normalized spacial score (nSPS) is 14.9. The number of hydrogen-bond acceptors (Lipinski definition) is 6. The van der Waals surface area contributed by atoms with E-state index in [0.29, 0.717) is 31.9 Å². The summed E-state index contributed by atoms with van der Waals surface area (Å²) in [5.74, 6) is -0.497. The smallest absolute Gasteiger partial charge is 0.248 e. The Morgan fingerprint density at radius 3 is 2.41 bits per heavy atom. The maximum Gasteiger partial charge on any atom is 0.248 e. The van der Waals surface area contributed by atoms with Crippen molar-refractivity contribution in [3.63, 3.8) is 0 Å². The van der Waals surface area contributed by atoms with Crippen molar-refractivity contribution in [1.29, 1.82) is 0 Å². The minimum Gasteiger partial charge on any atom is -0.395 e. The van der Waals surface area contributed by atoms with E-state index in [0.717, 1.165) is 24.5 Å². The molecule has 7 nitrogen and oxygen atoms in total. The number of rotatable bonds is 7. The van der Waals surface area contributed by atoms with Gasteiger partial charge in [-0.05, 0) is 18.2 Å². The van der Waals surface area contributed by atoms with Crippen LogP contribution in [0.15, 0.2) is 18.2 Å². The Hall–Kier alpha value is -1.83. The van der Waals surface area contributed by atoms with Gasteiger partial charge in [-0.3, -0.25) is 4.79 Å². The van der Waals surface area contributed by atoms with Gasteiger partial charge in [0, 0.05) is 31.7 Å². The molecule has 0 saturated carbocycles. The van der Waals surface area contributed by atoms with Gasteiger partial charge >= 0.3 is 0 Å². The fraction of sp³-hybridized carbons (Fsp3) is 0.533. The first-order chi connectivity index (χ1) is 10.7. The maximum absolute atomic E-state index is 11.5. The number of amides is 1. The Balaban J connectivity index is 2.39. The number of aliphatic hydroxyl groups is 2. The molecule has 1 aliphatic rings. The monoisotopic (exact) mass is 309 g/mol. The minimum absolute atomic E-state index is 0.0383. The standard InChI is InChI=1S/C15H23N3O4/c16-15(21)12-1-2-13(18-5-9-22-10-6-18)14(11-12)17(3-7-19)4-8-20/h1-2,11,19-20H,3-10H2,(H2,16,21). The molecular formula is C15H23N3O4. The minimum atomic E-state index is -0.497. The van der Waals surface area contributed by atoms with Gasteiger partial charge in [-0.25, -0.2) is 0 Å². The van der Waals surface area contributed by atoms with Crippen LogP contribution in [0.4, 0.5) is 11.4 Å². The molecule has 0 bridgehead atoms. The zero-order chi connectivity index (χ0) is 15.9. The van der Waals surface area contributed by atoms with Crippen molar-refractivity contribution in [3.8, 4) is 0 Å². The van der Waals surface area contributed by atoms with Crippen LogP contribution in [0.2, 0.25) is 0 Å². The Morgan fingerprint density at radius 2 is 1.86 bits per heavy atom. The molecule has 22 heavy (non-hydrogen) atoms. The van der Waals surface area contributed by atoms with Gasteiger partial charge in [0.25, 0.3) is 0 Å². The molecule has 0 unspecified atom stereocenters. The number of ether oxygens (including phenoxy) is 1. The summed E-state index contributed by atoms with van der Waals surface area (Å²) in [6, 6.07) is 5.29. The Labute approximate surface area is 129 Å². The molecule has 1 fully saturated rings. The number of primary amides is 1. The van der Waals surface area contributed by atoms with Crippen molar-refractivity contribution < 1.29 is 19.7 Å². The third-order valence-corrected chi connectivity index (χ3v) is 3.69. The molecule has 0 atom stereocenters. The second kappa shape index (κ2) is 7.98. The highest BCUT2D eigenvalue weighted by Gasteiger charge is 2.19. The summed E-state index contributed by atoms with van der Waals surface area (Å²) in [6.07, 6.45) is 0. The van der Waals surface area contributed by atoms with Crippen LogP contribution in [-0.4, -0.2) is 68.7 Å². The third kappa shape index (κ3) is 3.88. The third-order valence-electron chi connectivity index (χ3n) is 3.69. The Morgan fingerprint density at radius 1 is 1.23 bits per heavy atom. The van der Waals surface area contributed by atoms with E-state index in [1.165, 1.54) is 0 Å². The molecule has 1 aromatic rings. The molecular weight excluding hydrogens is 286 g/mol. The summed E-state index contributed by atoms with van der Waals surface area (Å²) in [6.45, 7) is 3.49. The first-order valence-electron chi connectivity index (χ1n) is 7.40. The molecule has 4 N–H and O–H groups in total. The molecule has 0 aliphatic carbocycles. The number of benzene rings is 1. The van der Waals surface area contributed by atoms with E-state index in [9.17, 15) is 15.0 Å². The average Bonchev–Trinajstić information content (AvgIpc) is 2.55. The molecule has 0 aromatic heterocycles. The molecule has 2 rings (SSSR count). The number of nitrogens with zero attached hydrogens (tertiary/aromatic N) is 2. The summed E-state index contributed by atoms with van der Waals surface area (Å²) < 4.78 is 5.37. The van der Waals surface area contributed by atoms with Crippen LogP contribution in [0.25, 0.3) is 0 Å². The summed E-state index contributed by atoms with van der Waals surface area (Å²) in [5.41, 5.74) is 7.53. The van der Waals surface area contributed by atoms with E-state index < -0.39 is 5.91 Å². The van der Waals surface area contributed by atoms with E-state index >= 15 is 0 Å². The van der Waals surface area contributed by atoms with E-state index in [4.69, 9.17) is 10.5 Å². The van der Waals surface area contributed by atoms with Crippen LogP contribution in [0, 0.1) is 0 Å². The van der Waals surface area contributed by atoms with Crippen molar-refractivity contribution >= 4 is 17.3 Å². The van der Waals surface area contributed by atoms with Gasteiger partial charge in [0.1, 0.15) is 0 Å². The highest BCUT2D eigenvalue weighted by atomic mass is 16.5. The zero-order valence-electron chi connectivity index (χ0n) is 12.6. The van der Waals surface area contributed by atoms with Crippen LogP contribution in [0.5, 0.6) is 0 Å². The summed E-state index contributed by atoms with van der Waals surface area (Å²) in [4.78, 5) is 15.5. The quantitative estimate of drug-likeness (QED) is 0.623. The molecule has 7 heteroatoms. The predicted molar refractivity (Wildman–Crippen MR) is 84.4 cm³/mol. The van der Waals surface area contributed by atoms with Crippen LogP contribution in [0.1, 0.15) is 10.4 Å². The molecule has 1 amide bonds. The first kappa shape index (κ1) is 16.5. The topological polar surface area (TPSA) is 99.3 Å². The van der Waals surface area contributed by atoms with E-state index in [1.54, 1.807) is 12.1 Å². The number of hydrogen-bond donors (Lipinski definition) is 3. The van der Waals surface area contributed by atoms with Gasteiger partial charge in [0.2, 0.25) is 5.91 Å². The Kier molecular flexibility index (Phi) is 6.00. The maximum atomic E-state index is 11.5. The lowest BCUT2D eigenvalue weighted by atomic mass is 10.1. The largest absolute Gasteiger partial charge is 0.395 e. The average molecular weight is 309 g/mol. The van der Waals surface area contributed by atoms with Crippen molar-refractivity contribution in [2.75, 3.05) is 62.4 Å². The number of aliphatic hydroxyl groups excluding tert-OH is 2. The van der Waals surface area contributed by atoms with Crippen molar-refractivity contribution in [1.82, 2.24) is 0 Å². The van der Waals surface area contributed by atoms with Crippen LogP contribution in [0.3, 0.4) is 0 Å². The lowest BCUT2D eigenvalue weighted by molar-refractivity contribution is 0.1000. The highest BCUT2D eigenvalue weighted by molar-refractivity contribution is 5.95. The van der Waals surface area contributed by atoms with Crippen molar-refractivity contribution in [2.24, 2.45) is 5.73 Å². The Bertz CT molecular complexity index is 498. The number of morpholine rings is 1. The summed E-state index contributed by atoms with van der Waals surface area (Å²) in [7, 11) is 0. The van der Waals surface area contributed by atoms with Gasteiger partial charge in [-0.1, -0.05) is 0 Å². The van der Waals surface area contributed by atoms with Gasteiger partial charge in [-0.2, -0.15) is 0 Å². The predicted octanol–water partition coefficient (Wildman–Crippen LogP) is -0.587. The van der Waals surface area contributed by atoms with Crippen molar-refractivity contribution in [2.45, 2.75) is 0 Å². The van der Waals surface area contributed by atoms with Crippen LogP contribution >= 0.6 is 0 Å². The molecule has 1 aromatic carbocycles.